The van der Waals surface area contributed by atoms with Gasteiger partial charge in [0.15, 0.2) is 0 Å². The Bertz CT molecular complexity index is 544. The molecule has 0 amide bonds. The number of pyridine rings is 1. The van der Waals surface area contributed by atoms with E-state index in [1.165, 1.54) is 16.5 Å². The van der Waals surface area contributed by atoms with Crippen LogP contribution in [0.4, 0.5) is 5.82 Å². The number of aromatic nitrogens is 1. The number of aryl methyl sites for hydroxylation is 1. The smallest absolute Gasteiger partial charge is 0.130 e. The normalized spacial score (nSPS) is 11.2. The van der Waals surface area contributed by atoms with Crippen molar-refractivity contribution in [1.82, 2.24) is 4.98 Å². The van der Waals surface area contributed by atoms with Crippen molar-refractivity contribution >= 4 is 16.7 Å². The summed E-state index contributed by atoms with van der Waals surface area (Å²) in [6.45, 7) is 9.63. The second-order valence-electron chi connectivity index (χ2n) is 4.99. The summed E-state index contributed by atoms with van der Waals surface area (Å²) in [7, 11) is 0. The Balaban J connectivity index is 2.60. The lowest BCUT2D eigenvalue weighted by atomic mass is 10.0. The van der Waals surface area contributed by atoms with Crippen LogP contribution in [0.2, 0.25) is 0 Å². The molecule has 0 spiro atoms. The number of benzene rings is 1. The van der Waals surface area contributed by atoms with Gasteiger partial charge in [-0.25, -0.2) is 4.98 Å². The molecule has 0 fully saturated rings. The SMILES string of the molecule is CCNc1nc2ccc(CC)cc2cc1C(C)C. The van der Waals surface area contributed by atoms with Crippen LogP contribution in [0.25, 0.3) is 10.9 Å². The number of nitrogens with one attached hydrogen (secondary N) is 1. The molecule has 1 N–H and O–H groups in total. The largest absolute Gasteiger partial charge is 0.370 e. The van der Waals surface area contributed by atoms with Crippen LogP contribution < -0.4 is 5.32 Å². The summed E-state index contributed by atoms with van der Waals surface area (Å²) in [5, 5.41) is 4.62. The van der Waals surface area contributed by atoms with E-state index in [2.05, 4.69) is 57.3 Å². The Morgan fingerprint density at radius 2 is 1.94 bits per heavy atom. The van der Waals surface area contributed by atoms with Gasteiger partial charge in [0.25, 0.3) is 0 Å². The Morgan fingerprint density at radius 1 is 1.17 bits per heavy atom. The van der Waals surface area contributed by atoms with Crippen molar-refractivity contribution < 1.29 is 0 Å². The predicted molar refractivity (Wildman–Crippen MR) is 79.4 cm³/mol. The molecule has 0 bridgehead atoms. The molecular weight excluding hydrogens is 220 g/mol. The second-order valence-corrected chi connectivity index (χ2v) is 4.99. The molecule has 18 heavy (non-hydrogen) atoms. The quantitative estimate of drug-likeness (QED) is 0.862. The number of fused-ring (bicyclic) bond motifs is 1. The third-order valence-corrected chi connectivity index (χ3v) is 3.28. The second kappa shape index (κ2) is 5.38. The first kappa shape index (κ1) is 12.9. The lowest BCUT2D eigenvalue weighted by molar-refractivity contribution is 0.861. The minimum Gasteiger partial charge on any atom is -0.370 e. The van der Waals surface area contributed by atoms with E-state index in [1.54, 1.807) is 0 Å². The summed E-state index contributed by atoms with van der Waals surface area (Å²) in [5.74, 6) is 1.52. The fraction of sp³-hybridized carbons (Fsp3) is 0.438. The fourth-order valence-electron chi connectivity index (χ4n) is 2.21. The lowest BCUT2D eigenvalue weighted by Gasteiger charge is -2.14. The molecule has 2 nitrogen and oxygen atoms in total. The minimum absolute atomic E-state index is 0.487. The standard InChI is InChI=1S/C16H22N2/c1-5-12-7-8-15-13(9-12)10-14(11(3)4)16(18-15)17-6-2/h7-11H,5-6H2,1-4H3,(H,17,18). The van der Waals surface area contributed by atoms with E-state index in [1.807, 2.05) is 0 Å². The van der Waals surface area contributed by atoms with Gasteiger partial charge in [0.2, 0.25) is 0 Å². The highest BCUT2D eigenvalue weighted by molar-refractivity contribution is 5.82. The molecule has 96 valence electrons. The Labute approximate surface area is 109 Å². The van der Waals surface area contributed by atoms with Gasteiger partial charge in [-0.05, 0) is 48.6 Å². The number of hydrogen-bond donors (Lipinski definition) is 1. The number of anilines is 1. The minimum atomic E-state index is 0.487. The molecule has 2 rings (SSSR count). The van der Waals surface area contributed by atoms with Crippen molar-refractivity contribution in [1.29, 1.82) is 0 Å². The summed E-state index contributed by atoms with van der Waals surface area (Å²) in [6, 6.07) is 8.83. The third kappa shape index (κ3) is 2.47. The molecule has 1 aromatic heterocycles. The van der Waals surface area contributed by atoms with Crippen LogP contribution in [0.1, 0.15) is 44.7 Å². The van der Waals surface area contributed by atoms with E-state index in [-0.39, 0.29) is 0 Å². The van der Waals surface area contributed by atoms with Gasteiger partial charge in [0.1, 0.15) is 5.82 Å². The summed E-state index contributed by atoms with van der Waals surface area (Å²) in [4.78, 5) is 4.75. The van der Waals surface area contributed by atoms with Crippen molar-refractivity contribution in [3.8, 4) is 0 Å². The first-order valence-electron chi connectivity index (χ1n) is 6.83. The van der Waals surface area contributed by atoms with Gasteiger partial charge < -0.3 is 5.32 Å². The van der Waals surface area contributed by atoms with Crippen molar-refractivity contribution in [3.05, 3.63) is 35.4 Å². The average molecular weight is 242 g/mol. The molecule has 0 saturated carbocycles. The van der Waals surface area contributed by atoms with Crippen molar-refractivity contribution in [3.63, 3.8) is 0 Å². The molecule has 2 heteroatoms. The topological polar surface area (TPSA) is 24.9 Å². The zero-order valence-corrected chi connectivity index (χ0v) is 11.7. The number of hydrogen-bond acceptors (Lipinski definition) is 2. The Hall–Kier alpha value is -1.57. The van der Waals surface area contributed by atoms with Crippen LogP contribution in [0.3, 0.4) is 0 Å². The zero-order chi connectivity index (χ0) is 13.1. The van der Waals surface area contributed by atoms with E-state index >= 15 is 0 Å². The molecule has 0 saturated heterocycles. The molecular formula is C16H22N2. The number of rotatable bonds is 4. The maximum absolute atomic E-state index is 4.75. The highest BCUT2D eigenvalue weighted by atomic mass is 15.0. The van der Waals surface area contributed by atoms with Crippen LogP contribution >= 0.6 is 0 Å². The molecule has 0 unspecified atom stereocenters. The van der Waals surface area contributed by atoms with Gasteiger partial charge in [-0.15, -0.1) is 0 Å². The summed E-state index contributed by atoms with van der Waals surface area (Å²) >= 11 is 0. The molecule has 1 heterocycles. The summed E-state index contributed by atoms with van der Waals surface area (Å²) in [6.07, 6.45) is 1.07. The highest BCUT2D eigenvalue weighted by Crippen LogP contribution is 2.27. The maximum atomic E-state index is 4.75. The van der Waals surface area contributed by atoms with Crippen LogP contribution in [0.15, 0.2) is 24.3 Å². The molecule has 1 aromatic carbocycles. The van der Waals surface area contributed by atoms with Gasteiger partial charge in [-0.1, -0.05) is 26.8 Å². The molecule has 0 aliphatic carbocycles. The van der Waals surface area contributed by atoms with Gasteiger partial charge in [0.05, 0.1) is 5.52 Å². The fourth-order valence-corrected chi connectivity index (χ4v) is 2.21. The van der Waals surface area contributed by atoms with Gasteiger partial charge in [0, 0.05) is 11.9 Å². The van der Waals surface area contributed by atoms with E-state index in [4.69, 9.17) is 4.98 Å². The Kier molecular flexibility index (Phi) is 3.85. The van der Waals surface area contributed by atoms with Crippen LogP contribution in [0, 0.1) is 0 Å². The van der Waals surface area contributed by atoms with E-state index in [0.717, 1.165) is 24.3 Å². The van der Waals surface area contributed by atoms with Crippen LogP contribution in [-0.4, -0.2) is 11.5 Å². The third-order valence-electron chi connectivity index (χ3n) is 3.28. The van der Waals surface area contributed by atoms with Crippen LogP contribution in [-0.2, 0) is 6.42 Å². The summed E-state index contributed by atoms with van der Waals surface area (Å²) in [5.41, 5.74) is 3.75. The van der Waals surface area contributed by atoms with E-state index < -0.39 is 0 Å². The predicted octanol–water partition coefficient (Wildman–Crippen LogP) is 4.35. The van der Waals surface area contributed by atoms with Gasteiger partial charge >= 0.3 is 0 Å². The zero-order valence-electron chi connectivity index (χ0n) is 11.7. The monoisotopic (exact) mass is 242 g/mol. The van der Waals surface area contributed by atoms with E-state index in [9.17, 15) is 0 Å². The average Bonchev–Trinajstić information content (AvgIpc) is 2.37. The molecule has 0 aliphatic rings. The Morgan fingerprint density at radius 3 is 2.56 bits per heavy atom. The molecule has 0 aliphatic heterocycles. The highest BCUT2D eigenvalue weighted by Gasteiger charge is 2.09. The van der Waals surface area contributed by atoms with Crippen molar-refractivity contribution in [2.45, 2.75) is 40.0 Å². The van der Waals surface area contributed by atoms with Gasteiger partial charge in [-0.3, -0.25) is 0 Å². The van der Waals surface area contributed by atoms with Crippen LogP contribution in [0.5, 0.6) is 0 Å². The van der Waals surface area contributed by atoms with E-state index in [0.29, 0.717) is 5.92 Å². The molecule has 2 aromatic rings. The van der Waals surface area contributed by atoms with Crippen molar-refractivity contribution in [2.24, 2.45) is 0 Å². The number of nitrogens with zero attached hydrogens (tertiary/aromatic N) is 1. The van der Waals surface area contributed by atoms with Crippen molar-refractivity contribution in [2.75, 3.05) is 11.9 Å². The summed E-state index contributed by atoms with van der Waals surface area (Å²) < 4.78 is 0. The molecule has 0 atom stereocenters. The lowest BCUT2D eigenvalue weighted by Crippen LogP contribution is -2.05. The first-order chi connectivity index (χ1) is 8.65. The first-order valence-corrected chi connectivity index (χ1v) is 6.83. The maximum Gasteiger partial charge on any atom is 0.130 e. The van der Waals surface area contributed by atoms with Gasteiger partial charge in [-0.2, -0.15) is 0 Å². The molecule has 0 radical (unpaired) electrons.